The summed E-state index contributed by atoms with van der Waals surface area (Å²) in [5.41, 5.74) is 1.07. The zero-order valence-electron chi connectivity index (χ0n) is 9.37. The Hall–Kier alpha value is -0.300. The Balaban J connectivity index is 2.37. The fourth-order valence-corrected chi connectivity index (χ4v) is 3.61. The summed E-state index contributed by atoms with van der Waals surface area (Å²) in [5, 5.41) is 13.5. The van der Waals surface area contributed by atoms with Crippen molar-refractivity contribution in [2.75, 3.05) is 7.05 Å². The number of rotatable bonds is 3. The number of halogens is 2. The SMILES string of the molecule is CNC(C)c1nnc(-c2ccc(Br)cc2Br)s1. The van der Waals surface area contributed by atoms with Crippen LogP contribution in [0.5, 0.6) is 0 Å². The number of aromatic nitrogens is 2. The molecule has 3 nitrogen and oxygen atoms in total. The first kappa shape index (κ1) is 13.1. The summed E-state index contributed by atoms with van der Waals surface area (Å²) >= 11 is 8.58. The van der Waals surface area contributed by atoms with Gasteiger partial charge in [0, 0.05) is 14.5 Å². The quantitative estimate of drug-likeness (QED) is 0.879. The van der Waals surface area contributed by atoms with Crippen molar-refractivity contribution in [3.63, 3.8) is 0 Å². The highest BCUT2D eigenvalue weighted by atomic mass is 79.9. The molecule has 0 saturated heterocycles. The number of nitrogens with one attached hydrogen (secondary N) is 1. The van der Waals surface area contributed by atoms with Gasteiger partial charge in [0.1, 0.15) is 10.0 Å². The molecule has 17 heavy (non-hydrogen) atoms. The Morgan fingerprint density at radius 1 is 1.29 bits per heavy atom. The van der Waals surface area contributed by atoms with Crippen molar-refractivity contribution in [2.24, 2.45) is 0 Å². The number of benzene rings is 1. The molecule has 6 heteroatoms. The molecule has 1 atom stereocenters. The molecular weight excluding hydrogens is 366 g/mol. The molecule has 1 N–H and O–H groups in total. The Kier molecular flexibility index (Phi) is 4.30. The molecule has 0 bridgehead atoms. The highest BCUT2D eigenvalue weighted by Gasteiger charge is 2.13. The molecule has 2 aromatic rings. The number of nitrogens with zero attached hydrogens (tertiary/aromatic N) is 2. The van der Waals surface area contributed by atoms with Crippen LogP contribution in [0, 0.1) is 0 Å². The van der Waals surface area contributed by atoms with E-state index in [1.54, 1.807) is 11.3 Å². The molecule has 0 radical (unpaired) electrons. The third-order valence-electron chi connectivity index (χ3n) is 2.41. The lowest BCUT2D eigenvalue weighted by molar-refractivity contribution is 0.640. The van der Waals surface area contributed by atoms with Gasteiger partial charge in [-0.2, -0.15) is 0 Å². The lowest BCUT2D eigenvalue weighted by Crippen LogP contribution is -2.11. The van der Waals surface area contributed by atoms with Crippen molar-refractivity contribution in [1.29, 1.82) is 0 Å². The fraction of sp³-hybridized carbons (Fsp3) is 0.273. The molecule has 90 valence electrons. The molecule has 1 unspecified atom stereocenters. The highest BCUT2D eigenvalue weighted by Crippen LogP contribution is 2.33. The first-order valence-electron chi connectivity index (χ1n) is 5.08. The molecule has 0 aliphatic rings. The van der Waals surface area contributed by atoms with Gasteiger partial charge in [0.05, 0.1) is 6.04 Å². The molecule has 0 saturated carbocycles. The van der Waals surface area contributed by atoms with Gasteiger partial charge in [-0.05, 0) is 32.2 Å². The van der Waals surface area contributed by atoms with Crippen LogP contribution in [-0.4, -0.2) is 17.2 Å². The van der Waals surface area contributed by atoms with Crippen LogP contribution >= 0.6 is 43.2 Å². The molecule has 0 aliphatic carbocycles. The highest BCUT2D eigenvalue weighted by molar-refractivity contribution is 9.11. The van der Waals surface area contributed by atoms with Gasteiger partial charge in [-0.3, -0.25) is 0 Å². The molecule has 1 aromatic carbocycles. The standard InChI is InChI=1S/C11H11Br2N3S/c1-6(14-2)10-15-16-11(17-10)8-4-3-7(12)5-9(8)13/h3-6,14H,1-2H3. The summed E-state index contributed by atoms with van der Waals surface area (Å²) < 4.78 is 2.06. The minimum absolute atomic E-state index is 0.232. The minimum Gasteiger partial charge on any atom is -0.311 e. The molecular formula is C11H11Br2N3S. The predicted octanol–water partition coefficient (Wildman–Crippen LogP) is 4.01. The molecule has 0 aliphatic heterocycles. The van der Waals surface area contributed by atoms with Crippen LogP contribution in [-0.2, 0) is 0 Å². The van der Waals surface area contributed by atoms with Gasteiger partial charge in [-0.1, -0.05) is 43.2 Å². The van der Waals surface area contributed by atoms with Crippen LogP contribution in [0.4, 0.5) is 0 Å². The van der Waals surface area contributed by atoms with Crippen molar-refractivity contribution < 1.29 is 0 Å². The summed E-state index contributed by atoms with van der Waals surface area (Å²) in [7, 11) is 1.92. The molecule has 0 spiro atoms. The van der Waals surface area contributed by atoms with E-state index in [2.05, 4.69) is 54.3 Å². The van der Waals surface area contributed by atoms with Gasteiger partial charge in [0.2, 0.25) is 0 Å². The monoisotopic (exact) mass is 375 g/mol. The van der Waals surface area contributed by atoms with E-state index < -0.39 is 0 Å². The predicted molar refractivity (Wildman–Crippen MR) is 78.2 cm³/mol. The Morgan fingerprint density at radius 3 is 2.71 bits per heavy atom. The van der Waals surface area contributed by atoms with E-state index in [-0.39, 0.29) is 6.04 Å². The Labute approximate surface area is 121 Å². The second kappa shape index (κ2) is 5.56. The smallest absolute Gasteiger partial charge is 0.148 e. The van der Waals surface area contributed by atoms with Crippen LogP contribution in [0.1, 0.15) is 18.0 Å². The van der Waals surface area contributed by atoms with Gasteiger partial charge < -0.3 is 5.32 Å². The largest absolute Gasteiger partial charge is 0.311 e. The summed E-state index contributed by atoms with van der Waals surface area (Å²) in [6.07, 6.45) is 0. The van der Waals surface area contributed by atoms with Crippen LogP contribution < -0.4 is 5.32 Å². The second-order valence-electron chi connectivity index (χ2n) is 3.58. The van der Waals surface area contributed by atoms with E-state index >= 15 is 0 Å². The zero-order valence-corrected chi connectivity index (χ0v) is 13.4. The van der Waals surface area contributed by atoms with Crippen molar-refractivity contribution in [2.45, 2.75) is 13.0 Å². The normalized spacial score (nSPS) is 12.7. The fourth-order valence-electron chi connectivity index (χ4n) is 1.30. The minimum atomic E-state index is 0.232. The van der Waals surface area contributed by atoms with Gasteiger partial charge >= 0.3 is 0 Å². The van der Waals surface area contributed by atoms with Crippen LogP contribution in [0.3, 0.4) is 0 Å². The maximum Gasteiger partial charge on any atom is 0.148 e. The van der Waals surface area contributed by atoms with Crippen molar-refractivity contribution in [1.82, 2.24) is 15.5 Å². The number of hydrogen-bond donors (Lipinski definition) is 1. The van der Waals surface area contributed by atoms with Gasteiger partial charge in [-0.25, -0.2) is 0 Å². The Bertz CT molecular complexity index is 527. The average molecular weight is 377 g/mol. The topological polar surface area (TPSA) is 37.8 Å². The molecule has 0 amide bonds. The van der Waals surface area contributed by atoms with Crippen LogP contribution in [0.25, 0.3) is 10.6 Å². The summed E-state index contributed by atoms with van der Waals surface area (Å²) in [6.45, 7) is 2.07. The van der Waals surface area contributed by atoms with E-state index in [9.17, 15) is 0 Å². The van der Waals surface area contributed by atoms with Crippen LogP contribution in [0.15, 0.2) is 27.1 Å². The van der Waals surface area contributed by atoms with E-state index in [4.69, 9.17) is 0 Å². The van der Waals surface area contributed by atoms with Crippen molar-refractivity contribution in [3.8, 4) is 10.6 Å². The lowest BCUT2D eigenvalue weighted by atomic mass is 10.2. The second-order valence-corrected chi connectivity index (χ2v) is 6.36. The average Bonchev–Trinajstić information content (AvgIpc) is 2.77. The Morgan fingerprint density at radius 2 is 2.06 bits per heavy atom. The number of hydrogen-bond acceptors (Lipinski definition) is 4. The lowest BCUT2D eigenvalue weighted by Gasteiger charge is -2.03. The zero-order chi connectivity index (χ0) is 12.4. The third-order valence-corrected chi connectivity index (χ3v) is 4.69. The van der Waals surface area contributed by atoms with Gasteiger partial charge in [-0.15, -0.1) is 10.2 Å². The third kappa shape index (κ3) is 2.93. The maximum absolute atomic E-state index is 4.23. The van der Waals surface area contributed by atoms with Gasteiger partial charge in [0.25, 0.3) is 0 Å². The molecule has 1 heterocycles. The van der Waals surface area contributed by atoms with Crippen LogP contribution in [0.2, 0.25) is 0 Å². The van der Waals surface area contributed by atoms with E-state index in [0.717, 1.165) is 24.5 Å². The molecule has 0 fully saturated rings. The first-order chi connectivity index (χ1) is 8.11. The molecule has 2 rings (SSSR count). The summed E-state index contributed by atoms with van der Waals surface area (Å²) in [5.74, 6) is 0. The van der Waals surface area contributed by atoms with E-state index in [1.165, 1.54) is 0 Å². The summed E-state index contributed by atoms with van der Waals surface area (Å²) in [6, 6.07) is 6.28. The van der Waals surface area contributed by atoms with E-state index in [1.807, 2.05) is 25.2 Å². The van der Waals surface area contributed by atoms with Crippen molar-refractivity contribution in [3.05, 3.63) is 32.2 Å². The van der Waals surface area contributed by atoms with E-state index in [0.29, 0.717) is 0 Å². The summed E-state index contributed by atoms with van der Waals surface area (Å²) in [4.78, 5) is 0. The van der Waals surface area contributed by atoms with Gasteiger partial charge in [0.15, 0.2) is 0 Å². The maximum atomic E-state index is 4.23. The molecule has 1 aromatic heterocycles. The van der Waals surface area contributed by atoms with Crippen molar-refractivity contribution >= 4 is 43.2 Å². The first-order valence-corrected chi connectivity index (χ1v) is 7.48.